The maximum atomic E-state index is 11.8. The summed E-state index contributed by atoms with van der Waals surface area (Å²) >= 11 is 0. The minimum Gasteiger partial charge on any atom is -0.503 e. The molecular weight excluding hydrogens is 260 g/mol. The van der Waals surface area contributed by atoms with Crippen molar-refractivity contribution in [1.29, 1.82) is 0 Å². The molecule has 7 nitrogen and oxygen atoms in total. The average molecular weight is 274 g/mol. The molecule has 0 fully saturated rings. The van der Waals surface area contributed by atoms with Gasteiger partial charge in [-0.1, -0.05) is 0 Å². The van der Waals surface area contributed by atoms with Crippen molar-refractivity contribution in [1.82, 2.24) is 15.0 Å². The van der Waals surface area contributed by atoms with Crippen molar-refractivity contribution in [3.8, 4) is 11.6 Å². The highest BCUT2D eigenvalue weighted by Gasteiger charge is 2.21. The summed E-state index contributed by atoms with van der Waals surface area (Å²) in [7, 11) is 1.45. The molecule has 0 bridgehead atoms. The highest BCUT2D eigenvalue weighted by atomic mass is 16.5. The second-order valence-corrected chi connectivity index (χ2v) is 4.55. The SMILES string of the molecule is COc1ncc(N2CCc3nc[nH]c(=O)c3C2)cc1O. The van der Waals surface area contributed by atoms with Crippen molar-refractivity contribution in [2.45, 2.75) is 13.0 Å². The quantitative estimate of drug-likeness (QED) is 0.825. The molecule has 0 spiro atoms. The second kappa shape index (κ2) is 4.84. The Bertz CT molecular complexity index is 698. The third kappa shape index (κ3) is 2.07. The molecule has 2 aromatic heterocycles. The number of rotatable bonds is 2. The largest absolute Gasteiger partial charge is 0.503 e. The van der Waals surface area contributed by atoms with Gasteiger partial charge in [-0.05, 0) is 0 Å². The number of hydrogen-bond acceptors (Lipinski definition) is 6. The third-order valence-corrected chi connectivity index (χ3v) is 3.38. The fraction of sp³-hybridized carbons (Fsp3) is 0.308. The standard InChI is InChI=1S/C13H14N4O3/c1-20-13-11(18)4-8(5-14-13)17-3-2-10-9(6-17)12(19)16-7-15-10/h4-5,7,18H,2-3,6H2,1H3,(H,15,16,19). The van der Waals surface area contributed by atoms with Gasteiger partial charge in [0, 0.05) is 19.0 Å². The molecule has 2 N–H and O–H groups in total. The Morgan fingerprint density at radius 3 is 3.05 bits per heavy atom. The summed E-state index contributed by atoms with van der Waals surface area (Å²) in [5.41, 5.74) is 2.12. The fourth-order valence-electron chi connectivity index (χ4n) is 2.33. The van der Waals surface area contributed by atoms with Crippen molar-refractivity contribution >= 4 is 5.69 Å². The lowest BCUT2D eigenvalue weighted by atomic mass is 10.1. The van der Waals surface area contributed by atoms with E-state index in [1.165, 1.54) is 13.4 Å². The first-order chi connectivity index (χ1) is 9.69. The summed E-state index contributed by atoms with van der Waals surface area (Å²) in [6, 6.07) is 1.58. The van der Waals surface area contributed by atoms with Crippen molar-refractivity contribution < 1.29 is 9.84 Å². The molecule has 0 aliphatic carbocycles. The number of H-pyrrole nitrogens is 1. The first-order valence-corrected chi connectivity index (χ1v) is 6.22. The summed E-state index contributed by atoms with van der Waals surface area (Å²) in [4.78, 5) is 24.6. The monoisotopic (exact) mass is 274 g/mol. The first-order valence-electron chi connectivity index (χ1n) is 6.22. The van der Waals surface area contributed by atoms with Crippen LogP contribution in [0.25, 0.3) is 0 Å². The Hall–Kier alpha value is -2.57. The smallest absolute Gasteiger partial charge is 0.256 e. The van der Waals surface area contributed by atoms with E-state index in [9.17, 15) is 9.90 Å². The molecule has 3 heterocycles. The number of hydrogen-bond donors (Lipinski definition) is 2. The Kier molecular flexibility index (Phi) is 3.02. The van der Waals surface area contributed by atoms with Crippen LogP contribution in [-0.2, 0) is 13.0 Å². The zero-order valence-corrected chi connectivity index (χ0v) is 11.0. The number of ether oxygens (including phenoxy) is 1. The molecule has 1 aliphatic rings. The van der Waals surface area contributed by atoms with E-state index in [0.29, 0.717) is 18.5 Å². The molecular formula is C13H14N4O3. The van der Waals surface area contributed by atoms with Crippen molar-refractivity contribution in [2.75, 3.05) is 18.6 Å². The van der Waals surface area contributed by atoms with Crippen molar-refractivity contribution in [3.05, 3.63) is 40.2 Å². The Balaban J connectivity index is 1.92. The van der Waals surface area contributed by atoms with Crippen LogP contribution < -0.4 is 15.2 Å². The summed E-state index contributed by atoms with van der Waals surface area (Å²) in [5, 5.41) is 9.78. The van der Waals surface area contributed by atoms with Crippen molar-refractivity contribution in [2.24, 2.45) is 0 Å². The Morgan fingerprint density at radius 2 is 2.30 bits per heavy atom. The van der Waals surface area contributed by atoms with Gasteiger partial charge in [0.05, 0.1) is 43.1 Å². The number of anilines is 1. The van der Waals surface area contributed by atoms with E-state index in [-0.39, 0.29) is 17.2 Å². The Morgan fingerprint density at radius 1 is 1.45 bits per heavy atom. The maximum Gasteiger partial charge on any atom is 0.256 e. The number of aromatic hydroxyl groups is 1. The molecule has 0 unspecified atom stereocenters. The van der Waals surface area contributed by atoms with Gasteiger partial charge in [0.2, 0.25) is 0 Å². The van der Waals surface area contributed by atoms with Crippen LogP contribution in [0, 0.1) is 0 Å². The number of aromatic amines is 1. The first kappa shape index (κ1) is 12.5. The second-order valence-electron chi connectivity index (χ2n) is 4.55. The molecule has 3 rings (SSSR count). The normalized spacial score (nSPS) is 13.9. The minimum atomic E-state index is -0.120. The average Bonchev–Trinajstić information content (AvgIpc) is 2.47. The summed E-state index contributed by atoms with van der Waals surface area (Å²) < 4.78 is 4.92. The van der Waals surface area contributed by atoms with Crippen LogP contribution in [0.15, 0.2) is 23.4 Å². The number of aromatic nitrogens is 3. The number of methoxy groups -OCH3 is 1. The van der Waals surface area contributed by atoms with Crippen LogP contribution in [0.4, 0.5) is 5.69 Å². The molecule has 1 aliphatic heterocycles. The Labute approximate surface area is 114 Å². The van der Waals surface area contributed by atoms with Gasteiger partial charge < -0.3 is 19.7 Å². The summed E-state index contributed by atoms with van der Waals surface area (Å²) in [6.45, 7) is 1.17. The predicted molar refractivity (Wildman–Crippen MR) is 72.1 cm³/mol. The van der Waals surface area contributed by atoms with Crippen LogP contribution in [0.1, 0.15) is 11.3 Å². The molecule has 104 valence electrons. The summed E-state index contributed by atoms with van der Waals surface area (Å²) in [6.07, 6.45) is 3.73. The van der Waals surface area contributed by atoms with Crippen LogP contribution in [0.5, 0.6) is 11.6 Å². The number of fused-ring (bicyclic) bond motifs is 1. The number of nitrogens with zero attached hydrogens (tertiary/aromatic N) is 3. The number of nitrogens with one attached hydrogen (secondary N) is 1. The van der Waals surface area contributed by atoms with Gasteiger partial charge in [0.1, 0.15) is 0 Å². The molecule has 2 aromatic rings. The molecule has 0 radical (unpaired) electrons. The van der Waals surface area contributed by atoms with Crippen LogP contribution in [0.3, 0.4) is 0 Å². The van der Waals surface area contributed by atoms with E-state index >= 15 is 0 Å². The van der Waals surface area contributed by atoms with Crippen LogP contribution in [-0.4, -0.2) is 33.7 Å². The lowest BCUT2D eigenvalue weighted by molar-refractivity contribution is 0.358. The van der Waals surface area contributed by atoms with Gasteiger partial charge in [-0.25, -0.2) is 9.97 Å². The third-order valence-electron chi connectivity index (χ3n) is 3.38. The van der Waals surface area contributed by atoms with E-state index < -0.39 is 0 Å². The fourth-order valence-corrected chi connectivity index (χ4v) is 2.33. The summed E-state index contributed by atoms with van der Waals surface area (Å²) in [5.74, 6) is 0.168. The molecule has 7 heteroatoms. The van der Waals surface area contributed by atoms with Crippen LogP contribution >= 0.6 is 0 Å². The molecule has 20 heavy (non-hydrogen) atoms. The highest BCUT2D eigenvalue weighted by molar-refractivity contribution is 5.53. The van der Waals surface area contributed by atoms with E-state index in [1.807, 2.05) is 4.90 Å². The molecule has 0 saturated carbocycles. The number of pyridine rings is 1. The van der Waals surface area contributed by atoms with Gasteiger partial charge in [-0.2, -0.15) is 0 Å². The van der Waals surface area contributed by atoms with Gasteiger partial charge in [0.15, 0.2) is 5.75 Å². The molecule has 0 saturated heterocycles. The lowest BCUT2D eigenvalue weighted by Gasteiger charge is -2.29. The molecule has 0 atom stereocenters. The van der Waals surface area contributed by atoms with Gasteiger partial charge in [-0.3, -0.25) is 4.79 Å². The molecule has 0 aromatic carbocycles. The maximum absolute atomic E-state index is 11.8. The van der Waals surface area contributed by atoms with Crippen molar-refractivity contribution in [3.63, 3.8) is 0 Å². The van der Waals surface area contributed by atoms with E-state index in [1.54, 1.807) is 12.3 Å². The van der Waals surface area contributed by atoms with Gasteiger partial charge in [-0.15, -0.1) is 0 Å². The van der Waals surface area contributed by atoms with Crippen LogP contribution in [0.2, 0.25) is 0 Å². The highest BCUT2D eigenvalue weighted by Crippen LogP contribution is 2.29. The molecule has 0 amide bonds. The van der Waals surface area contributed by atoms with E-state index in [4.69, 9.17) is 4.74 Å². The predicted octanol–water partition coefficient (Wildman–Crippen LogP) is 0.442. The van der Waals surface area contributed by atoms with Gasteiger partial charge in [0.25, 0.3) is 11.4 Å². The lowest BCUT2D eigenvalue weighted by Crippen LogP contribution is -2.35. The topological polar surface area (TPSA) is 91.3 Å². The zero-order chi connectivity index (χ0) is 14.1. The minimum absolute atomic E-state index is 0.0177. The van der Waals surface area contributed by atoms with Gasteiger partial charge >= 0.3 is 0 Å². The zero-order valence-electron chi connectivity index (χ0n) is 11.0. The van der Waals surface area contributed by atoms with E-state index in [0.717, 1.165) is 17.9 Å². The van der Waals surface area contributed by atoms with E-state index in [2.05, 4.69) is 15.0 Å².